The fraction of sp³-hybridized carbons (Fsp3) is 0.533. The van der Waals surface area contributed by atoms with Crippen LogP contribution in [0.1, 0.15) is 18.9 Å². The van der Waals surface area contributed by atoms with Gasteiger partial charge in [0.05, 0.1) is 6.54 Å². The van der Waals surface area contributed by atoms with E-state index in [4.69, 9.17) is 17.3 Å². The maximum Gasteiger partial charge on any atom is 0.234 e. The van der Waals surface area contributed by atoms with Crippen LogP contribution >= 0.6 is 24.0 Å². The highest BCUT2D eigenvalue weighted by atomic mass is 35.5. The molecular weight excluding hydrogens is 309 g/mol. The summed E-state index contributed by atoms with van der Waals surface area (Å²) in [4.78, 5) is 14.1. The third-order valence-electron chi connectivity index (χ3n) is 3.90. The molecule has 0 bridgehead atoms. The molecule has 1 fully saturated rings. The second kappa shape index (κ2) is 7.99. The quantitative estimate of drug-likeness (QED) is 0.868. The van der Waals surface area contributed by atoms with Gasteiger partial charge in [0.25, 0.3) is 0 Å². The van der Waals surface area contributed by atoms with Crippen molar-refractivity contribution in [1.29, 1.82) is 0 Å². The monoisotopic (exact) mass is 331 g/mol. The van der Waals surface area contributed by atoms with E-state index < -0.39 is 0 Å². The van der Waals surface area contributed by atoms with Gasteiger partial charge in [-0.2, -0.15) is 0 Å². The molecule has 1 unspecified atom stereocenters. The molecule has 0 aromatic heterocycles. The van der Waals surface area contributed by atoms with E-state index in [0.717, 1.165) is 25.1 Å². The second-order valence-corrected chi connectivity index (χ2v) is 6.32. The van der Waals surface area contributed by atoms with Crippen LogP contribution in [0.2, 0.25) is 5.02 Å². The molecule has 1 heterocycles. The molecule has 0 spiro atoms. The number of likely N-dealkylation sites (tertiary alicyclic amines) is 1. The standard InChI is InChI=1S/C15H22ClN3O.ClH/c1-15(10-17)6-7-19(11-15)9-14(20)18-8-12-2-4-13(16)5-3-12;/h2-5H,6-11,17H2,1H3,(H,18,20);1H. The SMILES string of the molecule is CC1(CN)CCN(CC(=O)NCc2ccc(Cl)cc2)C1.Cl. The molecule has 21 heavy (non-hydrogen) atoms. The number of halogens is 2. The summed E-state index contributed by atoms with van der Waals surface area (Å²) in [6.45, 7) is 5.69. The van der Waals surface area contributed by atoms with Gasteiger partial charge in [-0.15, -0.1) is 12.4 Å². The molecule has 1 aliphatic heterocycles. The lowest BCUT2D eigenvalue weighted by atomic mass is 9.90. The van der Waals surface area contributed by atoms with Crippen molar-refractivity contribution in [2.24, 2.45) is 11.1 Å². The third-order valence-corrected chi connectivity index (χ3v) is 4.15. The number of benzene rings is 1. The van der Waals surface area contributed by atoms with Gasteiger partial charge in [0.2, 0.25) is 5.91 Å². The van der Waals surface area contributed by atoms with E-state index in [1.54, 1.807) is 0 Å². The molecule has 1 aliphatic rings. The van der Waals surface area contributed by atoms with Gasteiger partial charge >= 0.3 is 0 Å². The van der Waals surface area contributed by atoms with E-state index in [-0.39, 0.29) is 23.7 Å². The number of rotatable bonds is 5. The molecule has 6 heteroatoms. The number of hydrogen-bond acceptors (Lipinski definition) is 3. The van der Waals surface area contributed by atoms with Crippen LogP contribution in [0.5, 0.6) is 0 Å². The number of carbonyl (C=O) groups excluding carboxylic acids is 1. The van der Waals surface area contributed by atoms with Crippen molar-refractivity contribution in [1.82, 2.24) is 10.2 Å². The summed E-state index contributed by atoms with van der Waals surface area (Å²) in [6, 6.07) is 7.50. The minimum atomic E-state index is 0. The molecule has 0 aliphatic carbocycles. The first kappa shape index (κ1) is 18.2. The van der Waals surface area contributed by atoms with Gasteiger partial charge in [-0.1, -0.05) is 30.7 Å². The van der Waals surface area contributed by atoms with Crippen molar-refractivity contribution in [2.45, 2.75) is 19.9 Å². The first-order chi connectivity index (χ1) is 9.50. The van der Waals surface area contributed by atoms with Crippen LogP contribution in [0.4, 0.5) is 0 Å². The van der Waals surface area contributed by atoms with Crippen molar-refractivity contribution in [3.05, 3.63) is 34.9 Å². The Balaban J connectivity index is 0.00000220. The zero-order chi connectivity index (χ0) is 14.6. The highest BCUT2D eigenvalue weighted by molar-refractivity contribution is 6.30. The van der Waals surface area contributed by atoms with Gasteiger partial charge < -0.3 is 11.1 Å². The van der Waals surface area contributed by atoms with Crippen molar-refractivity contribution in [2.75, 3.05) is 26.2 Å². The molecule has 1 aromatic rings. The van der Waals surface area contributed by atoms with E-state index in [0.29, 0.717) is 24.7 Å². The van der Waals surface area contributed by atoms with Crippen molar-refractivity contribution in [3.63, 3.8) is 0 Å². The van der Waals surface area contributed by atoms with Crippen LogP contribution in [-0.2, 0) is 11.3 Å². The fourth-order valence-corrected chi connectivity index (χ4v) is 2.62. The van der Waals surface area contributed by atoms with Crippen molar-refractivity contribution >= 4 is 29.9 Å². The zero-order valence-electron chi connectivity index (χ0n) is 12.3. The van der Waals surface area contributed by atoms with E-state index in [2.05, 4.69) is 17.1 Å². The number of nitrogens with zero attached hydrogens (tertiary/aromatic N) is 1. The van der Waals surface area contributed by atoms with Crippen molar-refractivity contribution < 1.29 is 4.79 Å². The molecule has 0 saturated carbocycles. The molecule has 118 valence electrons. The average molecular weight is 332 g/mol. The molecule has 1 aromatic carbocycles. The zero-order valence-corrected chi connectivity index (χ0v) is 13.8. The van der Waals surface area contributed by atoms with Gasteiger partial charge in [-0.25, -0.2) is 0 Å². The average Bonchev–Trinajstić information content (AvgIpc) is 2.80. The summed E-state index contributed by atoms with van der Waals surface area (Å²) in [5.74, 6) is 0.0567. The van der Waals surface area contributed by atoms with Gasteiger partial charge in [0, 0.05) is 18.1 Å². The third kappa shape index (κ3) is 5.47. The summed E-state index contributed by atoms with van der Waals surface area (Å²) in [7, 11) is 0. The molecule has 2 rings (SSSR count). The van der Waals surface area contributed by atoms with Gasteiger partial charge in [-0.05, 0) is 42.6 Å². The summed E-state index contributed by atoms with van der Waals surface area (Å²) in [6.07, 6.45) is 1.06. The normalized spacial score (nSPS) is 21.9. The lowest BCUT2D eigenvalue weighted by molar-refractivity contribution is -0.122. The molecule has 1 atom stereocenters. The Kier molecular flexibility index (Phi) is 6.94. The highest BCUT2D eigenvalue weighted by Gasteiger charge is 2.32. The smallest absolute Gasteiger partial charge is 0.234 e. The predicted octanol–water partition coefficient (Wildman–Crippen LogP) is 2.05. The Bertz CT molecular complexity index is 466. The van der Waals surface area contributed by atoms with E-state index in [1.165, 1.54) is 0 Å². The van der Waals surface area contributed by atoms with Crippen LogP contribution in [0.15, 0.2) is 24.3 Å². The molecule has 1 saturated heterocycles. The first-order valence-electron chi connectivity index (χ1n) is 6.94. The minimum absolute atomic E-state index is 0. The molecule has 4 nitrogen and oxygen atoms in total. The van der Waals surface area contributed by atoms with Gasteiger partial charge in [0.15, 0.2) is 0 Å². The Morgan fingerprint density at radius 3 is 2.67 bits per heavy atom. The Hall–Kier alpha value is -0.810. The predicted molar refractivity (Wildman–Crippen MR) is 88.8 cm³/mol. The Morgan fingerprint density at radius 2 is 2.10 bits per heavy atom. The maximum absolute atomic E-state index is 11.9. The lowest BCUT2D eigenvalue weighted by Gasteiger charge is -2.22. The largest absolute Gasteiger partial charge is 0.351 e. The number of amides is 1. The van der Waals surface area contributed by atoms with Crippen LogP contribution in [0, 0.1) is 5.41 Å². The summed E-state index contributed by atoms with van der Waals surface area (Å²) >= 11 is 5.82. The summed E-state index contributed by atoms with van der Waals surface area (Å²) in [5, 5.41) is 3.64. The lowest BCUT2D eigenvalue weighted by Crippen LogP contribution is -2.38. The molecule has 1 amide bonds. The van der Waals surface area contributed by atoms with Crippen LogP contribution < -0.4 is 11.1 Å². The Labute approximate surface area is 137 Å². The van der Waals surface area contributed by atoms with Crippen LogP contribution in [0.3, 0.4) is 0 Å². The van der Waals surface area contributed by atoms with Crippen LogP contribution in [0.25, 0.3) is 0 Å². The van der Waals surface area contributed by atoms with Crippen LogP contribution in [-0.4, -0.2) is 37.0 Å². The second-order valence-electron chi connectivity index (χ2n) is 5.88. The van der Waals surface area contributed by atoms with E-state index >= 15 is 0 Å². The van der Waals surface area contributed by atoms with Gasteiger partial charge in [0.1, 0.15) is 0 Å². The highest BCUT2D eigenvalue weighted by Crippen LogP contribution is 2.27. The topological polar surface area (TPSA) is 58.4 Å². The maximum atomic E-state index is 11.9. The Morgan fingerprint density at radius 1 is 1.43 bits per heavy atom. The number of nitrogens with one attached hydrogen (secondary N) is 1. The fourth-order valence-electron chi connectivity index (χ4n) is 2.49. The molecule has 0 radical (unpaired) electrons. The number of hydrogen-bond donors (Lipinski definition) is 2. The summed E-state index contributed by atoms with van der Waals surface area (Å²) < 4.78 is 0. The van der Waals surface area contributed by atoms with Crippen molar-refractivity contribution in [3.8, 4) is 0 Å². The van der Waals surface area contributed by atoms with E-state index in [1.807, 2.05) is 24.3 Å². The molecule has 3 N–H and O–H groups in total. The minimum Gasteiger partial charge on any atom is -0.351 e. The number of carbonyl (C=O) groups is 1. The molecular formula is C15H23Cl2N3O. The van der Waals surface area contributed by atoms with Gasteiger partial charge in [-0.3, -0.25) is 9.69 Å². The summed E-state index contributed by atoms with van der Waals surface area (Å²) in [5.41, 5.74) is 6.98. The number of nitrogens with two attached hydrogens (primary N) is 1. The van der Waals surface area contributed by atoms with E-state index in [9.17, 15) is 4.79 Å². The first-order valence-corrected chi connectivity index (χ1v) is 7.32.